The van der Waals surface area contributed by atoms with Crippen LogP contribution in [0.2, 0.25) is 5.02 Å². The van der Waals surface area contributed by atoms with Gasteiger partial charge in [-0.3, -0.25) is 0 Å². The fourth-order valence-corrected chi connectivity index (χ4v) is 3.33. The molecule has 1 aliphatic heterocycles. The lowest BCUT2D eigenvalue weighted by atomic mass is 10.1. The van der Waals surface area contributed by atoms with Crippen molar-refractivity contribution in [3.63, 3.8) is 0 Å². The maximum absolute atomic E-state index is 12.8. The zero-order valence-corrected chi connectivity index (χ0v) is 15.6. The molecule has 140 valence electrons. The van der Waals surface area contributed by atoms with E-state index in [1.807, 2.05) is 12.1 Å². The molecule has 0 radical (unpaired) electrons. The van der Waals surface area contributed by atoms with Crippen LogP contribution >= 0.6 is 11.6 Å². The lowest BCUT2D eigenvalue weighted by molar-refractivity contribution is 0.0568. The number of carbonyl (C=O) groups is 1. The van der Waals surface area contributed by atoms with Gasteiger partial charge in [-0.15, -0.1) is 4.68 Å². The van der Waals surface area contributed by atoms with Gasteiger partial charge in [-0.25, -0.2) is 14.8 Å². The second-order valence-corrected chi connectivity index (χ2v) is 7.05. The van der Waals surface area contributed by atoms with E-state index in [0.717, 1.165) is 36.2 Å². The molecule has 0 saturated carbocycles. The molecule has 0 aliphatic carbocycles. The maximum Gasteiger partial charge on any atom is 0.437 e. The predicted molar refractivity (Wildman–Crippen MR) is 103 cm³/mol. The van der Waals surface area contributed by atoms with E-state index in [1.165, 1.54) is 6.33 Å². The van der Waals surface area contributed by atoms with E-state index in [4.69, 9.17) is 22.1 Å². The lowest BCUT2D eigenvalue weighted by Crippen LogP contribution is -2.36. The number of piperidine rings is 1. The first-order valence-corrected chi connectivity index (χ1v) is 9.05. The first-order valence-electron chi connectivity index (χ1n) is 8.67. The molecule has 0 amide bonds. The van der Waals surface area contributed by atoms with E-state index in [2.05, 4.69) is 27.0 Å². The molecule has 3 heterocycles. The molecule has 0 unspecified atom stereocenters. The molecule has 2 aromatic heterocycles. The Morgan fingerprint density at radius 3 is 2.63 bits per heavy atom. The van der Waals surface area contributed by atoms with Crippen molar-refractivity contribution >= 4 is 34.5 Å². The number of benzene rings is 1. The number of ether oxygens (including phenoxy) is 1. The summed E-state index contributed by atoms with van der Waals surface area (Å²) in [4.78, 5) is 23.2. The first-order chi connectivity index (χ1) is 13.0. The molecule has 0 spiro atoms. The van der Waals surface area contributed by atoms with E-state index >= 15 is 0 Å². The molecule has 27 heavy (non-hydrogen) atoms. The normalized spacial score (nSPS) is 15.9. The number of fused-ring (bicyclic) bond motifs is 1. The minimum Gasteiger partial charge on any atom is -0.444 e. The Labute approximate surface area is 160 Å². The summed E-state index contributed by atoms with van der Waals surface area (Å²) in [7, 11) is 2.05. The van der Waals surface area contributed by atoms with Crippen LogP contribution in [0, 0.1) is 0 Å². The van der Waals surface area contributed by atoms with Crippen LogP contribution in [0.1, 0.15) is 12.8 Å². The number of carbonyl (C=O) groups excluding carboxylic acids is 1. The Hall–Kier alpha value is -2.71. The van der Waals surface area contributed by atoms with Gasteiger partial charge in [-0.05, 0) is 32.0 Å². The first kappa shape index (κ1) is 17.7. The molecule has 4 rings (SSSR count). The summed E-state index contributed by atoms with van der Waals surface area (Å²) in [6, 6.07) is 7.11. The molecule has 2 N–H and O–H groups in total. The Balaban J connectivity index is 1.72. The van der Waals surface area contributed by atoms with E-state index < -0.39 is 6.09 Å². The standard InChI is InChI=1S/C18H19ClN6O2/c1-24-8-6-13(7-9-24)27-18(26)25-17-14(16(20)21-10-22-17)15(23-25)11-2-4-12(19)5-3-11/h2-5,10,13H,6-9H2,1H3,(H2,20,21,22). The molecule has 1 saturated heterocycles. The largest absolute Gasteiger partial charge is 0.444 e. The molecular weight excluding hydrogens is 368 g/mol. The van der Waals surface area contributed by atoms with Crippen LogP contribution in [-0.4, -0.2) is 57.0 Å². The van der Waals surface area contributed by atoms with E-state index in [9.17, 15) is 4.79 Å². The number of hydrogen-bond acceptors (Lipinski definition) is 7. The van der Waals surface area contributed by atoms with Crippen molar-refractivity contribution < 1.29 is 9.53 Å². The maximum atomic E-state index is 12.8. The average Bonchev–Trinajstić information content (AvgIpc) is 3.05. The highest BCUT2D eigenvalue weighted by Crippen LogP contribution is 2.31. The third-order valence-electron chi connectivity index (χ3n) is 4.72. The van der Waals surface area contributed by atoms with Crippen molar-refractivity contribution in [2.75, 3.05) is 25.9 Å². The van der Waals surface area contributed by atoms with Gasteiger partial charge in [0.2, 0.25) is 0 Å². The molecule has 1 fully saturated rings. The van der Waals surface area contributed by atoms with Crippen molar-refractivity contribution in [1.82, 2.24) is 24.6 Å². The van der Waals surface area contributed by atoms with Gasteiger partial charge in [0.05, 0.1) is 5.39 Å². The number of halogens is 1. The summed E-state index contributed by atoms with van der Waals surface area (Å²) < 4.78 is 6.82. The lowest BCUT2D eigenvalue weighted by Gasteiger charge is -2.28. The number of likely N-dealkylation sites (tertiary alicyclic amines) is 1. The Kier molecular flexibility index (Phi) is 4.67. The topological polar surface area (TPSA) is 99.2 Å². The van der Waals surface area contributed by atoms with Crippen LogP contribution in [0.4, 0.5) is 10.6 Å². The number of rotatable bonds is 2. The van der Waals surface area contributed by atoms with Gasteiger partial charge < -0.3 is 15.4 Å². The number of nitrogens with two attached hydrogens (primary N) is 1. The summed E-state index contributed by atoms with van der Waals surface area (Å²) in [6.45, 7) is 1.78. The average molecular weight is 387 g/mol. The number of nitrogens with zero attached hydrogens (tertiary/aromatic N) is 5. The number of anilines is 1. The van der Waals surface area contributed by atoms with Gasteiger partial charge in [-0.2, -0.15) is 5.10 Å². The van der Waals surface area contributed by atoms with Gasteiger partial charge in [0, 0.05) is 23.7 Å². The highest BCUT2D eigenvalue weighted by Gasteiger charge is 2.25. The number of aromatic nitrogens is 4. The third-order valence-corrected chi connectivity index (χ3v) is 4.97. The second kappa shape index (κ2) is 7.13. The van der Waals surface area contributed by atoms with Crippen molar-refractivity contribution in [3.05, 3.63) is 35.6 Å². The molecule has 8 nitrogen and oxygen atoms in total. The van der Waals surface area contributed by atoms with Gasteiger partial charge in [-0.1, -0.05) is 23.7 Å². The smallest absolute Gasteiger partial charge is 0.437 e. The van der Waals surface area contributed by atoms with Crippen molar-refractivity contribution in [1.29, 1.82) is 0 Å². The minimum absolute atomic E-state index is 0.133. The van der Waals surface area contributed by atoms with Gasteiger partial charge >= 0.3 is 6.09 Å². The molecule has 1 aliphatic rings. The number of nitrogen functional groups attached to an aromatic ring is 1. The molecule has 0 atom stereocenters. The van der Waals surface area contributed by atoms with Crippen LogP contribution in [0.25, 0.3) is 22.3 Å². The van der Waals surface area contributed by atoms with E-state index in [1.54, 1.807) is 12.1 Å². The van der Waals surface area contributed by atoms with Gasteiger partial charge in [0.15, 0.2) is 5.65 Å². The van der Waals surface area contributed by atoms with Crippen LogP contribution in [0.5, 0.6) is 0 Å². The highest BCUT2D eigenvalue weighted by molar-refractivity contribution is 6.30. The summed E-state index contributed by atoms with van der Waals surface area (Å²) in [6.07, 6.45) is 2.20. The molecule has 1 aromatic carbocycles. The summed E-state index contributed by atoms with van der Waals surface area (Å²) in [5.74, 6) is 0.253. The van der Waals surface area contributed by atoms with Crippen LogP contribution < -0.4 is 5.73 Å². The fourth-order valence-electron chi connectivity index (χ4n) is 3.21. The Morgan fingerprint density at radius 2 is 1.93 bits per heavy atom. The van der Waals surface area contributed by atoms with Crippen LogP contribution in [0.3, 0.4) is 0 Å². The quantitative estimate of drug-likeness (QED) is 0.722. The number of hydrogen-bond donors (Lipinski definition) is 1. The van der Waals surface area contributed by atoms with E-state index in [-0.39, 0.29) is 11.9 Å². The molecule has 9 heteroatoms. The van der Waals surface area contributed by atoms with Crippen molar-refractivity contribution in [3.8, 4) is 11.3 Å². The zero-order chi connectivity index (χ0) is 19.0. The predicted octanol–water partition coefficient (Wildman–Crippen LogP) is 2.81. The third kappa shape index (κ3) is 3.45. The zero-order valence-electron chi connectivity index (χ0n) is 14.8. The molecule has 3 aromatic rings. The summed E-state index contributed by atoms with van der Waals surface area (Å²) in [5, 5.41) is 5.56. The van der Waals surface area contributed by atoms with Crippen molar-refractivity contribution in [2.24, 2.45) is 0 Å². The van der Waals surface area contributed by atoms with Crippen molar-refractivity contribution in [2.45, 2.75) is 18.9 Å². The van der Waals surface area contributed by atoms with Crippen LogP contribution in [0.15, 0.2) is 30.6 Å². The SMILES string of the molecule is CN1CCC(OC(=O)n2nc(-c3ccc(Cl)cc3)c3c(N)ncnc32)CC1. The summed E-state index contributed by atoms with van der Waals surface area (Å²) in [5.41, 5.74) is 7.65. The molecule has 0 bridgehead atoms. The monoisotopic (exact) mass is 386 g/mol. The van der Waals surface area contributed by atoms with Gasteiger partial charge in [0.1, 0.15) is 23.9 Å². The molecular formula is C18H19ClN6O2. The van der Waals surface area contributed by atoms with Crippen LogP contribution in [-0.2, 0) is 4.74 Å². The Bertz CT molecular complexity index is 979. The van der Waals surface area contributed by atoms with E-state index in [0.29, 0.717) is 21.7 Å². The highest BCUT2D eigenvalue weighted by atomic mass is 35.5. The fraction of sp³-hybridized carbons (Fsp3) is 0.333. The minimum atomic E-state index is -0.562. The Morgan fingerprint density at radius 1 is 1.22 bits per heavy atom. The van der Waals surface area contributed by atoms with Gasteiger partial charge in [0.25, 0.3) is 0 Å². The summed E-state index contributed by atoms with van der Waals surface area (Å²) >= 11 is 5.97. The second-order valence-electron chi connectivity index (χ2n) is 6.61.